The summed E-state index contributed by atoms with van der Waals surface area (Å²) in [6.45, 7) is 10.9. The predicted molar refractivity (Wildman–Crippen MR) is 94.6 cm³/mol. The number of nitrogens with zero attached hydrogens (tertiary/aromatic N) is 2. The predicted octanol–water partition coefficient (Wildman–Crippen LogP) is 5.36. The van der Waals surface area contributed by atoms with Gasteiger partial charge in [0, 0.05) is 22.7 Å². The van der Waals surface area contributed by atoms with Gasteiger partial charge in [-0.1, -0.05) is 25.5 Å². The maximum atomic E-state index is 5.01. The molecule has 2 aromatic heterocycles. The normalized spacial score (nSPS) is 11.5. The number of aryl methyl sites for hydroxylation is 4. The second-order valence-electron chi connectivity index (χ2n) is 6.34. The van der Waals surface area contributed by atoms with E-state index in [1.807, 2.05) is 6.20 Å². The van der Waals surface area contributed by atoms with Gasteiger partial charge in [0.2, 0.25) is 0 Å². The molecular formula is C20H24N2. The van der Waals surface area contributed by atoms with Crippen molar-refractivity contribution < 1.29 is 0 Å². The van der Waals surface area contributed by atoms with Crippen LogP contribution in [-0.2, 0) is 6.42 Å². The zero-order valence-corrected chi connectivity index (χ0v) is 14.2. The fourth-order valence-corrected chi connectivity index (χ4v) is 3.12. The molecule has 0 aliphatic rings. The van der Waals surface area contributed by atoms with E-state index in [1.165, 1.54) is 51.6 Å². The van der Waals surface area contributed by atoms with Crippen LogP contribution in [-0.4, -0.2) is 9.97 Å². The van der Waals surface area contributed by atoms with Gasteiger partial charge in [-0.3, -0.25) is 9.97 Å². The van der Waals surface area contributed by atoms with Gasteiger partial charge >= 0.3 is 0 Å². The van der Waals surface area contributed by atoms with E-state index in [-0.39, 0.29) is 0 Å². The summed E-state index contributed by atoms with van der Waals surface area (Å²) in [6.07, 6.45) is 5.42. The highest BCUT2D eigenvalue weighted by molar-refractivity contribution is 6.05. The molecule has 0 saturated heterocycles. The first-order chi connectivity index (χ1) is 10.5. The Kier molecular flexibility index (Phi) is 3.86. The molecule has 0 atom stereocenters. The highest BCUT2D eigenvalue weighted by Gasteiger charge is 2.13. The molecule has 0 aliphatic carbocycles. The number of fused-ring (bicyclic) bond motifs is 3. The van der Waals surface area contributed by atoms with Crippen LogP contribution in [0.1, 0.15) is 47.7 Å². The average Bonchev–Trinajstić information content (AvgIpc) is 2.52. The third-order valence-electron chi connectivity index (χ3n) is 4.95. The van der Waals surface area contributed by atoms with Gasteiger partial charge in [0.25, 0.3) is 0 Å². The van der Waals surface area contributed by atoms with Crippen LogP contribution in [0.4, 0.5) is 0 Å². The van der Waals surface area contributed by atoms with Gasteiger partial charge in [-0.2, -0.15) is 0 Å². The Bertz CT molecular complexity index is 863. The molecule has 0 amide bonds. The van der Waals surface area contributed by atoms with Crippen molar-refractivity contribution in [1.82, 2.24) is 9.97 Å². The number of pyridine rings is 2. The van der Waals surface area contributed by atoms with Crippen molar-refractivity contribution in [3.63, 3.8) is 0 Å². The first kappa shape index (κ1) is 15.0. The minimum atomic E-state index is 1.04. The van der Waals surface area contributed by atoms with Gasteiger partial charge < -0.3 is 0 Å². The zero-order valence-electron chi connectivity index (χ0n) is 14.2. The number of hydrogen-bond donors (Lipinski definition) is 0. The summed E-state index contributed by atoms with van der Waals surface area (Å²) in [4.78, 5) is 9.71. The van der Waals surface area contributed by atoms with Crippen LogP contribution >= 0.6 is 0 Å². The smallest absolute Gasteiger partial charge is 0.0970 e. The van der Waals surface area contributed by atoms with Crippen molar-refractivity contribution in [2.45, 2.75) is 53.9 Å². The topological polar surface area (TPSA) is 25.8 Å². The third kappa shape index (κ3) is 2.27. The Hall–Kier alpha value is -1.96. The standard InChI is InChI=1S/C20H24N2/c1-6-7-8-18-15(5)14(4)17-10-9-16-13(3)12(2)11-21-19(16)20(17)22-18/h9-11H,6-8H2,1-5H3. The minimum Gasteiger partial charge on any atom is -0.254 e. The van der Waals surface area contributed by atoms with Crippen LogP contribution in [0.15, 0.2) is 18.3 Å². The maximum absolute atomic E-state index is 5.01. The van der Waals surface area contributed by atoms with Crippen molar-refractivity contribution in [1.29, 1.82) is 0 Å². The van der Waals surface area contributed by atoms with Crippen LogP contribution in [0.2, 0.25) is 0 Å². The summed E-state index contributed by atoms with van der Waals surface area (Å²) in [7, 11) is 0. The zero-order chi connectivity index (χ0) is 15.9. The van der Waals surface area contributed by atoms with Gasteiger partial charge in [-0.25, -0.2) is 0 Å². The Morgan fingerprint density at radius 3 is 2.23 bits per heavy atom. The van der Waals surface area contributed by atoms with Gasteiger partial charge in [-0.15, -0.1) is 0 Å². The minimum absolute atomic E-state index is 1.04. The van der Waals surface area contributed by atoms with Crippen molar-refractivity contribution in [3.8, 4) is 0 Å². The molecule has 0 aliphatic heterocycles. The van der Waals surface area contributed by atoms with Crippen LogP contribution in [0.5, 0.6) is 0 Å². The Labute approximate surface area is 132 Å². The molecule has 3 aromatic rings. The molecule has 1 aromatic carbocycles. The quantitative estimate of drug-likeness (QED) is 0.607. The molecule has 0 fully saturated rings. The number of rotatable bonds is 3. The van der Waals surface area contributed by atoms with Crippen LogP contribution in [0.3, 0.4) is 0 Å². The summed E-state index contributed by atoms with van der Waals surface area (Å²) in [5.74, 6) is 0. The van der Waals surface area contributed by atoms with Crippen molar-refractivity contribution in [2.75, 3.05) is 0 Å². The molecular weight excluding hydrogens is 268 g/mol. The molecule has 0 bridgehead atoms. The van der Waals surface area contributed by atoms with E-state index in [2.05, 4.69) is 46.8 Å². The maximum Gasteiger partial charge on any atom is 0.0970 e. The summed E-state index contributed by atoms with van der Waals surface area (Å²) >= 11 is 0. The Morgan fingerprint density at radius 2 is 1.55 bits per heavy atom. The van der Waals surface area contributed by atoms with E-state index >= 15 is 0 Å². The number of unbranched alkanes of at least 4 members (excludes halogenated alkanes) is 1. The second-order valence-corrected chi connectivity index (χ2v) is 6.34. The number of hydrogen-bond acceptors (Lipinski definition) is 2. The third-order valence-corrected chi connectivity index (χ3v) is 4.95. The van der Waals surface area contributed by atoms with Crippen molar-refractivity contribution in [2.24, 2.45) is 0 Å². The van der Waals surface area contributed by atoms with Crippen molar-refractivity contribution in [3.05, 3.63) is 46.3 Å². The lowest BCUT2D eigenvalue weighted by molar-refractivity contribution is 0.774. The van der Waals surface area contributed by atoms with Crippen LogP contribution in [0, 0.1) is 27.7 Å². The number of benzene rings is 1. The van der Waals surface area contributed by atoms with Crippen molar-refractivity contribution >= 4 is 21.8 Å². The second kappa shape index (κ2) is 5.68. The molecule has 114 valence electrons. The van der Waals surface area contributed by atoms with E-state index in [0.29, 0.717) is 0 Å². The molecule has 0 spiro atoms. The monoisotopic (exact) mass is 292 g/mol. The lowest BCUT2D eigenvalue weighted by atomic mass is 9.97. The molecule has 0 unspecified atom stereocenters. The SMILES string of the molecule is CCCCc1nc2c(ccc3c(C)c(C)cnc32)c(C)c1C. The van der Waals surface area contributed by atoms with Crippen LogP contribution < -0.4 is 0 Å². The fraction of sp³-hybridized carbons (Fsp3) is 0.400. The summed E-state index contributed by atoms with van der Waals surface area (Å²) in [5, 5.41) is 2.46. The van der Waals surface area contributed by atoms with E-state index in [9.17, 15) is 0 Å². The average molecular weight is 292 g/mol. The molecule has 2 heteroatoms. The molecule has 3 rings (SSSR count). The van der Waals surface area contributed by atoms with E-state index in [4.69, 9.17) is 9.97 Å². The summed E-state index contributed by atoms with van der Waals surface area (Å²) in [6, 6.07) is 4.41. The number of aromatic nitrogens is 2. The largest absolute Gasteiger partial charge is 0.254 e. The molecule has 0 saturated carbocycles. The Morgan fingerprint density at radius 1 is 0.864 bits per heavy atom. The van der Waals surface area contributed by atoms with E-state index < -0.39 is 0 Å². The van der Waals surface area contributed by atoms with E-state index in [0.717, 1.165) is 17.5 Å². The van der Waals surface area contributed by atoms with Gasteiger partial charge in [-0.05, 0) is 62.8 Å². The lowest BCUT2D eigenvalue weighted by Crippen LogP contribution is -2.00. The van der Waals surface area contributed by atoms with Crippen LogP contribution in [0.25, 0.3) is 21.8 Å². The van der Waals surface area contributed by atoms with E-state index in [1.54, 1.807) is 0 Å². The highest BCUT2D eigenvalue weighted by atomic mass is 14.8. The summed E-state index contributed by atoms with van der Waals surface area (Å²) in [5.41, 5.74) is 8.57. The molecule has 22 heavy (non-hydrogen) atoms. The molecule has 0 radical (unpaired) electrons. The summed E-state index contributed by atoms with van der Waals surface area (Å²) < 4.78 is 0. The molecule has 0 N–H and O–H groups in total. The van der Waals surface area contributed by atoms with Gasteiger partial charge in [0.1, 0.15) is 0 Å². The lowest BCUT2D eigenvalue weighted by Gasteiger charge is -2.14. The highest BCUT2D eigenvalue weighted by Crippen LogP contribution is 2.30. The first-order valence-electron chi connectivity index (χ1n) is 8.19. The Balaban J connectivity index is 2.37. The molecule has 2 heterocycles. The fourth-order valence-electron chi connectivity index (χ4n) is 3.12. The van der Waals surface area contributed by atoms with Gasteiger partial charge in [0.15, 0.2) is 0 Å². The first-order valence-corrected chi connectivity index (χ1v) is 8.19. The van der Waals surface area contributed by atoms with Gasteiger partial charge in [0.05, 0.1) is 11.0 Å². The molecule has 2 nitrogen and oxygen atoms in total.